The molecule has 2 amide bonds. The lowest BCUT2D eigenvalue weighted by molar-refractivity contribution is -0.149. The van der Waals surface area contributed by atoms with Crippen LogP contribution in [0.5, 0.6) is 0 Å². The van der Waals surface area contributed by atoms with Gasteiger partial charge < -0.3 is 20.0 Å². The first-order valence-corrected chi connectivity index (χ1v) is 13.0. The van der Waals surface area contributed by atoms with Gasteiger partial charge >= 0.3 is 5.97 Å². The number of alkyl halides is 1. The second kappa shape index (κ2) is 9.24. The molecule has 3 saturated heterocycles. The molecule has 0 saturated carbocycles. The van der Waals surface area contributed by atoms with Crippen molar-refractivity contribution in [2.75, 3.05) is 18.1 Å². The number of benzene rings is 1. The third-order valence-electron chi connectivity index (χ3n) is 7.04. The lowest BCUT2D eigenvalue weighted by Crippen LogP contribution is -2.58. The van der Waals surface area contributed by atoms with Crippen molar-refractivity contribution in [2.45, 2.75) is 46.7 Å². The summed E-state index contributed by atoms with van der Waals surface area (Å²) in [6, 6.07) is 5.44. The fourth-order valence-corrected chi connectivity index (χ4v) is 9.51. The SMILES string of the molecule is C=CCN(C(=O)C1N([C@@H](CC)CO)C(=O)[C@@H]2[C@H](C(=O)O)[C@H]3SC12CC3Br)c1ccccc1Cl. The molecule has 3 fully saturated rings. The number of halogens is 2. The number of nitrogens with zero attached hydrogens (tertiary/aromatic N) is 2. The summed E-state index contributed by atoms with van der Waals surface area (Å²) >= 11 is 11.5. The van der Waals surface area contributed by atoms with Crippen molar-refractivity contribution >= 4 is 62.8 Å². The molecule has 0 radical (unpaired) electrons. The van der Waals surface area contributed by atoms with Crippen LogP contribution in [0.25, 0.3) is 0 Å². The number of aliphatic hydroxyl groups is 1. The van der Waals surface area contributed by atoms with Gasteiger partial charge in [0.15, 0.2) is 0 Å². The largest absolute Gasteiger partial charge is 0.481 e. The second-order valence-electron chi connectivity index (χ2n) is 8.68. The van der Waals surface area contributed by atoms with Crippen LogP contribution in [0.3, 0.4) is 0 Å². The minimum absolute atomic E-state index is 0.134. The molecule has 3 heterocycles. The zero-order chi connectivity index (χ0) is 24.1. The summed E-state index contributed by atoms with van der Waals surface area (Å²) in [5, 5.41) is 20.2. The number of hydrogen-bond donors (Lipinski definition) is 2. The van der Waals surface area contributed by atoms with Gasteiger partial charge in [-0.25, -0.2) is 0 Å². The highest BCUT2D eigenvalue weighted by atomic mass is 79.9. The van der Waals surface area contributed by atoms with Gasteiger partial charge in [0.05, 0.1) is 39.9 Å². The van der Waals surface area contributed by atoms with Crippen molar-refractivity contribution in [1.29, 1.82) is 0 Å². The first-order chi connectivity index (χ1) is 15.7. The van der Waals surface area contributed by atoms with Gasteiger partial charge in [-0.3, -0.25) is 14.4 Å². The molecule has 7 atom stereocenters. The van der Waals surface area contributed by atoms with E-state index in [0.717, 1.165) is 0 Å². The van der Waals surface area contributed by atoms with Crippen LogP contribution in [0.4, 0.5) is 5.69 Å². The molecule has 178 valence electrons. The first kappa shape index (κ1) is 24.6. The maximum atomic E-state index is 14.3. The third-order valence-corrected chi connectivity index (χ3v) is 10.6. The summed E-state index contributed by atoms with van der Waals surface area (Å²) in [4.78, 5) is 43.1. The monoisotopic (exact) mass is 556 g/mol. The zero-order valence-electron chi connectivity index (χ0n) is 18.1. The minimum Gasteiger partial charge on any atom is -0.481 e. The second-order valence-corrected chi connectivity index (χ2v) is 11.8. The molecule has 2 N–H and O–H groups in total. The summed E-state index contributed by atoms with van der Waals surface area (Å²) in [6.45, 7) is 5.47. The van der Waals surface area contributed by atoms with E-state index in [9.17, 15) is 24.6 Å². The molecule has 7 nitrogen and oxygen atoms in total. The van der Waals surface area contributed by atoms with Crippen LogP contribution in [0.2, 0.25) is 5.02 Å². The van der Waals surface area contributed by atoms with Gasteiger partial charge in [0, 0.05) is 16.6 Å². The van der Waals surface area contributed by atoms with E-state index in [1.165, 1.54) is 21.6 Å². The van der Waals surface area contributed by atoms with Crippen molar-refractivity contribution < 1.29 is 24.6 Å². The summed E-state index contributed by atoms with van der Waals surface area (Å²) in [6.07, 6.45) is 2.51. The van der Waals surface area contributed by atoms with E-state index in [0.29, 0.717) is 23.6 Å². The fraction of sp³-hybridized carbons (Fsp3) is 0.522. The topological polar surface area (TPSA) is 98.2 Å². The molecule has 0 aromatic heterocycles. The third kappa shape index (κ3) is 3.63. The van der Waals surface area contributed by atoms with Crippen LogP contribution in [-0.2, 0) is 14.4 Å². The molecule has 4 rings (SSSR count). The number of amides is 2. The van der Waals surface area contributed by atoms with E-state index in [2.05, 4.69) is 22.5 Å². The van der Waals surface area contributed by atoms with Crippen molar-refractivity contribution in [1.82, 2.24) is 4.90 Å². The fourth-order valence-electron chi connectivity index (χ4n) is 5.69. The van der Waals surface area contributed by atoms with Crippen LogP contribution in [0, 0.1) is 11.8 Å². The summed E-state index contributed by atoms with van der Waals surface area (Å²) < 4.78 is -0.903. The molecule has 33 heavy (non-hydrogen) atoms. The number of fused-ring (bicyclic) bond motifs is 1. The Morgan fingerprint density at radius 3 is 2.73 bits per heavy atom. The van der Waals surface area contributed by atoms with E-state index < -0.39 is 34.6 Å². The number of rotatable bonds is 8. The molecular formula is C23H26BrClN2O5S. The molecule has 2 bridgehead atoms. The number of aliphatic carboxylic acids is 1. The Labute approximate surface area is 210 Å². The predicted molar refractivity (Wildman–Crippen MR) is 132 cm³/mol. The van der Waals surface area contributed by atoms with Crippen LogP contribution in [-0.4, -0.2) is 73.0 Å². The number of anilines is 1. The lowest BCUT2D eigenvalue weighted by atomic mass is 9.71. The van der Waals surface area contributed by atoms with Crippen LogP contribution in [0.15, 0.2) is 36.9 Å². The lowest BCUT2D eigenvalue weighted by Gasteiger charge is -2.39. The Bertz CT molecular complexity index is 991. The number of aliphatic hydroxyl groups excluding tert-OH is 1. The molecule has 10 heteroatoms. The Kier molecular flexibility index (Phi) is 6.88. The van der Waals surface area contributed by atoms with E-state index in [-0.39, 0.29) is 35.0 Å². The number of likely N-dealkylation sites (tertiary alicyclic amines) is 1. The average molecular weight is 558 g/mol. The number of carbonyl (C=O) groups is 3. The molecule has 3 aliphatic heterocycles. The van der Waals surface area contributed by atoms with Gasteiger partial charge in [0.1, 0.15) is 6.04 Å². The highest BCUT2D eigenvalue weighted by Gasteiger charge is 2.76. The number of carbonyl (C=O) groups excluding carboxylic acids is 2. The average Bonchev–Trinajstić information content (AvgIpc) is 3.37. The Balaban J connectivity index is 1.86. The quantitative estimate of drug-likeness (QED) is 0.376. The predicted octanol–water partition coefficient (Wildman–Crippen LogP) is 3.18. The van der Waals surface area contributed by atoms with Gasteiger partial charge in [0.25, 0.3) is 5.91 Å². The van der Waals surface area contributed by atoms with Gasteiger partial charge in [0.2, 0.25) is 5.91 Å². The van der Waals surface area contributed by atoms with Gasteiger partial charge in [-0.1, -0.05) is 52.7 Å². The van der Waals surface area contributed by atoms with Gasteiger partial charge in [-0.15, -0.1) is 18.3 Å². The summed E-state index contributed by atoms with van der Waals surface area (Å²) in [5.74, 6) is -3.47. The standard InChI is InChI=1S/C23H26BrClN2O5S/c1-3-9-26(15-8-6-5-7-14(15)25)21(30)19-23-10-13(24)18(33-23)16(22(31)32)17(23)20(29)27(19)12(4-2)11-28/h3,5-8,12-13,16-19,28H,1,4,9-11H2,2H3,(H,31,32)/t12-,13?,16-,17-,18-,19?,23?/m0/s1. The first-order valence-electron chi connectivity index (χ1n) is 10.9. The maximum absolute atomic E-state index is 14.3. The molecule has 1 spiro atoms. The zero-order valence-corrected chi connectivity index (χ0v) is 21.2. The minimum atomic E-state index is -1.03. The maximum Gasteiger partial charge on any atom is 0.308 e. The highest BCUT2D eigenvalue weighted by Crippen LogP contribution is 2.68. The van der Waals surface area contributed by atoms with Gasteiger partial charge in [-0.05, 0) is 25.0 Å². The molecule has 1 aromatic rings. The van der Waals surface area contributed by atoms with E-state index in [1.807, 2.05) is 6.92 Å². The number of carboxylic acids is 1. The Morgan fingerprint density at radius 1 is 1.45 bits per heavy atom. The molecule has 3 aliphatic rings. The molecule has 1 aromatic carbocycles. The van der Waals surface area contributed by atoms with Crippen molar-refractivity contribution in [3.05, 3.63) is 41.9 Å². The van der Waals surface area contributed by atoms with Crippen molar-refractivity contribution in [3.63, 3.8) is 0 Å². The number of hydrogen-bond acceptors (Lipinski definition) is 5. The normalized spacial score (nSPS) is 33.2. The summed E-state index contributed by atoms with van der Waals surface area (Å²) in [5.41, 5.74) is 0.496. The number of thioether (sulfide) groups is 1. The number of para-hydroxylation sites is 1. The van der Waals surface area contributed by atoms with E-state index >= 15 is 0 Å². The smallest absolute Gasteiger partial charge is 0.308 e. The summed E-state index contributed by atoms with van der Waals surface area (Å²) in [7, 11) is 0. The Hall–Kier alpha value is -1.55. The van der Waals surface area contributed by atoms with Crippen molar-refractivity contribution in [3.8, 4) is 0 Å². The van der Waals surface area contributed by atoms with Crippen LogP contribution < -0.4 is 4.90 Å². The Morgan fingerprint density at radius 2 is 2.15 bits per heavy atom. The molecular weight excluding hydrogens is 532 g/mol. The van der Waals surface area contributed by atoms with Crippen LogP contribution >= 0.6 is 39.3 Å². The van der Waals surface area contributed by atoms with E-state index in [4.69, 9.17) is 11.6 Å². The van der Waals surface area contributed by atoms with Crippen molar-refractivity contribution in [2.24, 2.45) is 11.8 Å². The van der Waals surface area contributed by atoms with Gasteiger partial charge in [-0.2, -0.15) is 0 Å². The number of carboxylic acid groups (broad SMARTS) is 1. The molecule has 0 aliphatic carbocycles. The highest BCUT2D eigenvalue weighted by molar-refractivity contribution is 9.09. The molecule has 3 unspecified atom stereocenters. The van der Waals surface area contributed by atoms with Crippen LogP contribution in [0.1, 0.15) is 19.8 Å². The van der Waals surface area contributed by atoms with E-state index in [1.54, 1.807) is 30.3 Å².